The van der Waals surface area contributed by atoms with Crippen LogP contribution in [0.3, 0.4) is 0 Å². The van der Waals surface area contributed by atoms with Gasteiger partial charge in [-0.3, -0.25) is 9.59 Å². The van der Waals surface area contributed by atoms with Gasteiger partial charge in [0.25, 0.3) is 0 Å². The third kappa shape index (κ3) is 6.02. The molecule has 7 nitrogen and oxygen atoms in total. The molecule has 0 saturated carbocycles. The summed E-state index contributed by atoms with van der Waals surface area (Å²) < 4.78 is 72.9. The van der Waals surface area contributed by atoms with Crippen LogP contribution in [0.5, 0.6) is 0 Å². The van der Waals surface area contributed by atoms with Crippen LogP contribution in [0.15, 0.2) is 30.3 Å². The smallest absolute Gasteiger partial charge is 0.375 e. The summed E-state index contributed by atoms with van der Waals surface area (Å²) in [4.78, 5) is 25.4. The summed E-state index contributed by atoms with van der Waals surface area (Å²) in [6.07, 6.45) is -10.3. The quantitative estimate of drug-likeness (QED) is 0.304. The Morgan fingerprint density at radius 1 is 1.08 bits per heavy atom. The number of aryl methyl sites for hydroxylation is 1. The molecular weight excluding hydrogens is 530 g/mol. The van der Waals surface area contributed by atoms with Crippen molar-refractivity contribution < 1.29 is 40.7 Å². The molecule has 0 aliphatic carbocycles. The van der Waals surface area contributed by atoms with Crippen LogP contribution in [-0.4, -0.2) is 56.2 Å². The number of carbonyl (C=O) groups excluding carboxylic acids is 2. The summed E-state index contributed by atoms with van der Waals surface area (Å²) >= 11 is 0. The summed E-state index contributed by atoms with van der Waals surface area (Å²) in [7, 11) is 0. The minimum absolute atomic E-state index is 0.554. The third-order valence-corrected chi connectivity index (χ3v) is 6.81. The first-order valence-corrected chi connectivity index (χ1v) is 12.0. The largest absolute Gasteiger partial charge is 0.458 e. The fourth-order valence-electron chi connectivity index (χ4n) is 5.14. The molecule has 13 heteroatoms. The number of halogens is 6. The van der Waals surface area contributed by atoms with Crippen molar-refractivity contribution in [3.8, 4) is 0 Å². The van der Waals surface area contributed by atoms with Gasteiger partial charge in [0, 0.05) is 47.7 Å². The Morgan fingerprint density at radius 2 is 1.77 bits per heavy atom. The van der Waals surface area contributed by atoms with Crippen molar-refractivity contribution in [2.75, 3.05) is 36.5 Å². The van der Waals surface area contributed by atoms with E-state index in [-0.39, 0.29) is 0 Å². The Labute approximate surface area is 219 Å². The topological polar surface area (TPSA) is 75.0 Å². The Balaban J connectivity index is 0.000000251. The molecule has 2 aromatic carbocycles. The van der Waals surface area contributed by atoms with Crippen LogP contribution in [0.1, 0.15) is 29.0 Å². The first-order valence-electron chi connectivity index (χ1n) is 12.0. The van der Waals surface area contributed by atoms with Crippen LogP contribution < -0.4 is 15.5 Å². The highest BCUT2D eigenvalue weighted by Gasteiger charge is 2.54. The number of ether oxygens (including phenoxy) is 1. The molecular formula is C26H24F6N4O3. The number of anilines is 3. The number of nitrogens with one attached hydrogen (secondary N) is 2. The van der Waals surface area contributed by atoms with E-state index in [1.54, 1.807) is 0 Å². The van der Waals surface area contributed by atoms with Crippen molar-refractivity contribution in [3.63, 3.8) is 0 Å². The summed E-state index contributed by atoms with van der Waals surface area (Å²) in [5.41, 5.74) is 7.99. The maximum absolute atomic E-state index is 11.2. The molecule has 2 N–H and O–H groups in total. The van der Waals surface area contributed by atoms with E-state index in [4.69, 9.17) is 11.3 Å². The zero-order valence-corrected chi connectivity index (χ0v) is 20.7. The van der Waals surface area contributed by atoms with Crippen LogP contribution in [0.2, 0.25) is 0 Å². The van der Waals surface area contributed by atoms with E-state index in [1.165, 1.54) is 23.2 Å². The minimum Gasteiger partial charge on any atom is -0.375 e. The summed E-state index contributed by atoms with van der Waals surface area (Å²) in [5.74, 6) is -6.26. The molecule has 5 rings (SSSR count). The Hall–Kier alpha value is -3.63. The van der Waals surface area contributed by atoms with Gasteiger partial charge in [-0.2, -0.15) is 26.3 Å². The van der Waals surface area contributed by atoms with Gasteiger partial charge in [-0.1, -0.05) is 6.07 Å². The Morgan fingerprint density at radius 3 is 2.38 bits per heavy atom. The van der Waals surface area contributed by atoms with Crippen LogP contribution in [0.25, 0.3) is 4.85 Å². The minimum atomic E-state index is -5.77. The average molecular weight is 554 g/mol. The lowest BCUT2D eigenvalue weighted by Crippen LogP contribution is -2.44. The molecule has 0 aromatic heterocycles. The molecule has 3 aliphatic rings. The van der Waals surface area contributed by atoms with Crippen LogP contribution in [0, 0.1) is 13.5 Å². The molecule has 3 heterocycles. The first-order chi connectivity index (χ1) is 18.3. The molecule has 1 fully saturated rings. The highest BCUT2D eigenvalue weighted by Crippen LogP contribution is 2.47. The molecule has 3 aliphatic heterocycles. The molecule has 39 heavy (non-hydrogen) atoms. The number of benzene rings is 2. The van der Waals surface area contributed by atoms with Crippen LogP contribution >= 0.6 is 0 Å². The number of nitrogens with zero attached hydrogens (tertiary/aromatic N) is 2. The number of fused-ring (bicyclic) bond motifs is 3. The standard InChI is InChI=1S/C22H24N4O.C4F6O2/c1-14-9-16(3-4-20(14)23-2)25-17-10-15-13-27-8-7-26-21-5-6-24-12-19(21)18(11-17)22(15)26;5-3(6,7)1(11)2(12)4(8,9)10/h3-4,9-11,19,21,24-25H,5-8,12-13H2,1H3;/t19-,21-;/m0./s1. The second-order valence-corrected chi connectivity index (χ2v) is 9.38. The number of Topliss-reactive ketones (excluding diaryl/α,β-unsaturated/α-hetero) is 2. The summed E-state index contributed by atoms with van der Waals surface area (Å²) in [6.45, 7) is 13.8. The van der Waals surface area contributed by atoms with Gasteiger partial charge in [-0.15, -0.1) is 0 Å². The van der Waals surface area contributed by atoms with Gasteiger partial charge in [-0.25, -0.2) is 4.85 Å². The van der Waals surface area contributed by atoms with Crippen molar-refractivity contribution in [1.82, 2.24) is 5.32 Å². The van der Waals surface area contributed by atoms with E-state index in [0.717, 1.165) is 43.2 Å². The molecule has 2 atom stereocenters. The zero-order chi connectivity index (χ0) is 28.5. The lowest BCUT2D eigenvalue weighted by atomic mass is 9.89. The molecule has 0 amide bonds. The second-order valence-electron chi connectivity index (χ2n) is 9.38. The number of alkyl halides is 6. The monoisotopic (exact) mass is 554 g/mol. The van der Waals surface area contributed by atoms with E-state index in [9.17, 15) is 35.9 Å². The second kappa shape index (κ2) is 10.9. The molecule has 208 valence electrons. The maximum Gasteiger partial charge on any atom is 0.458 e. The SMILES string of the molecule is O=C(C(=O)C(F)(F)F)C(F)(F)F.[C-]#[N+]c1ccc(Nc2cc3c4c(c2)[C@@H]2CNCC[C@@H]2N4CCOC3)cc1C. The maximum atomic E-state index is 11.2. The Kier molecular flexibility index (Phi) is 7.90. The van der Waals surface area contributed by atoms with E-state index in [1.807, 2.05) is 25.1 Å². The average Bonchev–Trinajstić information content (AvgIpc) is 3.02. The molecule has 0 unspecified atom stereocenters. The highest BCUT2D eigenvalue weighted by molar-refractivity contribution is 6.41. The number of piperidine rings is 1. The van der Waals surface area contributed by atoms with Crippen LogP contribution in [-0.2, 0) is 20.9 Å². The van der Waals surface area contributed by atoms with Gasteiger partial charge in [-0.05, 0) is 55.3 Å². The molecule has 0 bridgehead atoms. The van der Waals surface area contributed by atoms with E-state index in [2.05, 4.69) is 32.5 Å². The highest BCUT2D eigenvalue weighted by atomic mass is 19.4. The van der Waals surface area contributed by atoms with Crippen molar-refractivity contribution in [1.29, 1.82) is 0 Å². The number of rotatable bonds is 3. The summed E-state index contributed by atoms with van der Waals surface area (Å²) in [6, 6.07) is 11.1. The van der Waals surface area contributed by atoms with Gasteiger partial charge in [0.05, 0.1) is 19.8 Å². The first kappa shape index (κ1) is 28.4. The number of hydrogen-bond donors (Lipinski definition) is 2. The van der Waals surface area contributed by atoms with Gasteiger partial charge in [0.1, 0.15) is 0 Å². The fraction of sp³-hybridized carbons (Fsp3) is 0.423. The lowest BCUT2D eigenvalue weighted by Gasteiger charge is -2.33. The van der Waals surface area contributed by atoms with Gasteiger partial charge in [0.15, 0.2) is 5.69 Å². The third-order valence-electron chi connectivity index (χ3n) is 6.81. The predicted molar refractivity (Wildman–Crippen MR) is 130 cm³/mol. The van der Waals surface area contributed by atoms with Gasteiger partial charge in [0.2, 0.25) is 0 Å². The van der Waals surface area contributed by atoms with Crippen molar-refractivity contribution in [3.05, 3.63) is 58.4 Å². The molecule has 0 radical (unpaired) electrons. The predicted octanol–water partition coefficient (Wildman–Crippen LogP) is 5.33. The van der Waals surface area contributed by atoms with E-state index in [0.29, 0.717) is 24.3 Å². The Bertz CT molecular complexity index is 1290. The lowest BCUT2D eigenvalue weighted by molar-refractivity contribution is -0.193. The number of hydrogen-bond acceptors (Lipinski definition) is 6. The van der Waals surface area contributed by atoms with Crippen molar-refractivity contribution >= 4 is 34.3 Å². The zero-order valence-electron chi connectivity index (χ0n) is 20.7. The van der Waals surface area contributed by atoms with Gasteiger partial charge < -0.3 is 20.3 Å². The van der Waals surface area contributed by atoms with Crippen molar-refractivity contribution in [2.45, 2.75) is 44.3 Å². The molecule has 2 aromatic rings. The number of carbonyl (C=O) groups is 2. The number of ketones is 2. The summed E-state index contributed by atoms with van der Waals surface area (Å²) in [5, 5.41) is 7.14. The van der Waals surface area contributed by atoms with E-state index < -0.39 is 23.9 Å². The normalized spacial score (nSPS) is 20.0. The van der Waals surface area contributed by atoms with E-state index >= 15 is 0 Å². The molecule has 0 spiro atoms. The van der Waals surface area contributed by atoms with Crippen LogP contribution in [0.4, 0.5) is 49.1 Å². The van der Waals surface area contributed by atoms with Crippen molar-refractivity contribution in [2.24, 2.45) is 0 Å². The molecule has 1 saturated heterocycles. The fourth-order valence-corrected chi connectivity index (χ4v) is 5.14. The van der Waals surface area contributed by atoms with Gasteiger partial charge >= 0.3 is 23.9 Å².